The zero-order valence-corrected chi connectivity index (χ0v) is 13.7. The Labute approximate surface area is 137 Å². The fourth-order valence-corrected chi connectivity index (χ4v) is 3.60. The zero-order valence-electron chi connectivity index (χ0n) is 13.7. The molecule has 0 atom stereocenters. The second-order valence-corrected chi connectivity index (χ2v) is 6.93. The maximum atomic E-state index is 14.4. The molecule has 1 saturated carbocycles. The molecule has 0 aliphatic heterocycles. The Hall–Kier alpha value is -1.70. The van der Waals surface area contributed by atoms with Gasteiger partial charge >= 0.3 is 0 Å². The molecule has 23 heavy (non-hydrogen) atoms. The van der Waals surface area contributed by atoms with Gasteiger partial charge in [-0.2, -0.15) is 0 Å². The lowest BCUT2D eigenvalue weighted by Crippen LogP contribution is -2.13. The van der Waals surface area contributed by atoms with Gasteiger partial charge in [0, 0.05) is 5.56 Å². The second-order valence-electron chi connectivity index (χ2n) is 6.93. The zero-order chi connectivity index (χ0) is 16.2. The van der Waals surface area contributed by atoms with E-state index < -0.39 is 11.6 Å². The molecule has 0 saturated heterocycles. The molecule has 0 spiro atoms. The fraction of sp³-hybridized carbons (Fsp3) is 0.429. The number of hydrogen-bond donors (Lipinski definition) is 0. The van der Waals surface area contributed by atoms with Crippen LogP contribution in [0.2, 0.25) is 0 Å². The van der Waals surface area contributed by atoms with Crippen LogP contribution in [0.3, 0.4) is 0 Å². The SMILES string of the molecule is CC1CCC(CCc2ccc(-c3ccccc3)c(F)c2F)CC1. The van der Waals surface area contributed by atoms with Gasteiger partial charge in [0.15, 0.2) is 11.6 Å². The van der Waals surface area contributed by atoms with Crippen molar-refractivity contribution in [1.29, 1.82) is 0 Å². The Kier molecular flexibility index (Phi) is 5.09. The molecule has 0 nitrogen and oxygen atoms in total. The summed E-state index contributed by atoms with van der Waals surface area (Å²) in [6.45, 7) is 2.30. The number of halogens is 2. The van der Waals surface area contributed by atoms with Crippen LogP contribution in [0.25, 0.3) is 11.1 Å². The Bertz CT molecular complexity index is 640. The highest BCUT2D eigenvalue weighted by Crippen LogP contribution is 2.32. The maximum absolute atomic E-state index is 14.4. The molecular weight excluding hydrogens is 290 g/mol. The van der Waals surface area contributed by atoms with Crippen molar-refractivity contribution >= 4 is 0 Å². The third-order valence-electron chi connectivity index (χ3n) is 5.20. The summed E-state index contributed by atoms with van der Waals surface area (Å²) in [6.07, 6.45) is 6.61. The summed E-state index contributed by atoms with van der Waals surface area (Å²) in [5.41, 5.74) is 1.58. The van der Waals surface area contributed by atoms with Crippen molar-refractivity contribution in [3.05, 3.63) is 59.7 Å². The molecule has 122 valence electrons. The standard InChI is InChI=1S/C21H24F2/c1-15-7-9-16(10-8-15)11-12-18-13-14-19(21(23)20(18)22)17-5-3-2-4-6-17/h2-6,13-16H,7-12H2,1H3. The van der Waals surface area contributed by atoms with Crippen LogP contribution in [-0.2, 0) is 6.42 Å². The van der Waals surface area contributed by atoms with E-state index in [9.17, 15) is 8.78 Å². The molecule has 2 heteroatoms. The normalized spacial score (nSPS) is 21.3. The topological polar surface area (TPSA) is 0 Å². The van der Waals surface area contributed by atoms with Crippen molar-refractivity contribution in [3.63, 3.8) is 0 Å². The molecule has 1 fully saturated rings. The Morgan fingerprint density at radius 1 is 0.870 bits per heavy atom. The van der Waals surface area contributed by atoms with Crippen molar-refractivity contribution in [3.8, 4) is 11.1 Å². The van der Waals surface area contributed by atoms with E-state index in [2.05, 4.69) is 6.92 Å². The van der Waals surface area contributed by atoms with E-state index in [1.807, 2.05) is 18.2 Å². The van der Waals surface area contributed by atoms with Gasteiger partial charge < -0.3 is 0 Å². The molecule has 1 aliphatic carbocycles. The van der Waals surface area contributed by atoms with Crippen molar-refractivity contribution in [2.24, 2.45) is 11.8 Å². The van der Waals surface area contributed by atoms with E-state index in [4.69, 9.17) is 0 Å². The summed E-state index contributed by atoms with van der Waals surface area (Å²) < 4.78 is 28.8. The Balaban J connectivity index is 1.70. The average molecular weight is 314 g/mol. The van der Waals surface area contributed by atoms with Crippen molar-refractivity contribution in [1.82, 2.24) is 0 Å². The van der Waals surface area contributed by atoms with Gasteiger partial charge in [0.05, 0.1) is 0 Å². The van der Waals surface area contributed by atoms with Gasteiger partial charge in [0.1, 0.15) is 0 Å². The van der Waals surface area contributed by atoms with E-state index in [0.717, 1.165) is 17.9 Å². The van der Waals surface area contributed by atoms with Crippen molar-refractivity contribution in [2.45, 2.75) is 45.4 Å². The second kappa shape index (κ2) is 7.25. The smallest absolute Gasteiger partial charge is 0.166 e. The van der Waals surface area contributed by atoms with E-state index in [0.29, 0.717) is 23.5 Å². The predicted octanol–water partition coefficient (Wildman–Crippen LogP) is 6.39. The van der Waals surface area contributed by atoms with E-state index in [1.54, 1.807) is 24.3 Å². The molecule has 0 amide bonds. The largest absolute Gasteiger partial charge is 0.203 e. The number of aryl methyl sites for hydroxylation is 1. The summed E-state index contributed by atoms with van der Waals surface area (Å²) in [7, 11) is 0. The fourth-order valence-electron chi connectivity index (χ4n) is 3.60. The highest BCUT2D eigenvalue weighted by Gasteiger charge is 2.20. The molecule has 0 aromatic heterocycles. The highest BCUT2D eigenvalue weighted by atomic mass is 19.2. The summed E-state index contributed by atoms with van der Waals surface area (Å²) in [6, 6.07) is 12.6. The third kappa shape index (κ3) is 3.80. The lowest BCUT2D eigenvalue weighted by molar-refractivity contribution is 0.277. The van der Waals surface area contributed by atoms with Crippen LogP contribution in [0, 0.1) is 23.5 Å². The molecule has 0 bridgehead atoms. The lowest BCUT2D eigenvalue weighted by atomic mass is 9.80. The Morgan fingerprint density at radius 2 is 1.57 bits per heavy atom. The molecule has 0 heterocycles. The monoisotopic (exact) mass is 314 g/mol. The van der Waals surface area contributed by atoms with Crippen LogP contribution in [-0.4, -0.2) is 0 Å². The van der Waals surface area contributed by atoms with Crippen LogP contribution >= 0.6 is 0 Å². The van der Waals surface area contributed by atoms with Gasteiger partial charge in [-0.1, -0.05) is 75.1 Å². The summed E-state index contributed by atoms with van der Waals surface area (Å²) in [4.78, 5) is 0. The van der Waals surface area contributed by atoms with Gasteiger partial charge in [-0.3, -0.25) is 0 Å². The first kappa shape index (κ1) is 16.2. The number of rotatable bonds is 4. The van der Waals surface area contributed by atoms with Crippen LogP contribution in [0.1, 0.15) is 44.6 Å². The molecule has 0 radical (unpaired) electrons. The van der Waals surface area contributed by atoms with Gasteiger partial charge in [-0.05, 0) is 35.8 Å². The van der Waals surface area contributed by atoms with Crippen LogP contribution in [0.4, 0.5) is 8.78 Å². The van der Waals surface area contributed by atoms with Crippen LogP contribution in [0.5, 0.6) is 0 Å². The first-order valence-corrected chi connectivity index (χ1v) is 8.67. The highest BCUT2D eigenvalue weighted by molar-refractivity contribution is 5.64. The van der Waals surface area contributed by atoms with Gasteiger partial charge in [0.2, 0.25) is 0 Å². The number of benzene rings is 2. The quantitative estimate of drug-likeness (QED) is 0.613. The van der Waals surface area contributed by atoms with Crippen LogP contribution in [0.15, 0.2) is 42.5 Å². The molecule has 0 N–H and O–H groups in total. The summed E-state index contributed by atoms with van der Waals surface area (Å²) in [5, 5.41) is 0. The summed E-state index contributed by atoms with van der Waals surface area (Å²) in [5.74, 6) is 0.106. The minimum atomic E-state index is -0.717. The van der Waals surface area contributed by atoms with E-state index >= 15 is 0 Å². The number of hydrogen-bond acceptors (Lipinski definition) is 0. The van der Waals surface area contributed by atoms with E-state index in [-0.39, 0.29) is 0 Å². The minimum absolute atomic E-state index is 0.346. The molecule has 2 aromatic rings. The van der Waals surface area contributed by atoms with E-state index in [1.165, 1.54) is 25.7 Å². The third-order valence-corrected chi connectivity index (χ3v) is 5.20. The van der Waals surface area contributed by atoms with Crippen molar-refractivity contribution < 1.29 is 8.78 Å². The van der Waals surface area contributed by atoms with Gasteiger partial charge in [0.25, 0.3) is 0 Å². The van der Waals surface area contributed by atoms with Crippen molar-refractivity contribution in [2.75, 3.05) is 0 Å². The molecule has 0 unspecified atom stereocenters. The molecule has 2 aromatic carbocycles. The average Bonchev–Trinajstić information content (AvgIpc) is 2.58. The molecule has 1 aliphatic rings. The minimum Gasteiger partial charge on any atom is -0.203 e. The predicted molar refractivity (Wildman–Crippen MR) is 91.2 cm³/mol. The molecular formula is C21H24F2. The Morgan fingerprint density at radius 3 is 2.26 bits per heavy atom. The molecule has 3 rings (SSSR count). The van der Waals surface area contributed by atoms with Crippen LogP contribution < -0.4 is 0 Å². The first-order chi connectivity index (χ1) is 11.1. The van der Waals surface area contributed by atoms with Gasteiger partial charge in [-0.25, -0.2) is 8.78 Å². The lowest BCUT2D eigenvalue weighted by Gasteiger charge is -2.26. The van der Waals surface area contributed by atoms with Gasteiger partial charge in [-0.15, -0.1) is 0 Å². The maximum Gasteiger partial charge on any atom is 0.166 e. The summed E-state index contributed by atoms with van der Waals surface area (Å²) >= 11 is 0. The first-order valence-electron chi connectivity index (χ1n) is 8.67.